The summed E-state index contributed by atoms with van der Waals surface area (Å²) in [6.45, 7) is 0.690. The lowest BCUT2D eigenvalue weighted by atomic mass is 10.1. The van der Waals surface area contributed by atoms with Gasteiger partial charge in [0.2, 0.25) is 17.7 Å². The molecule has 1 rings (SSSR count). The van der Waals surface area contributed by atoms with E-state index in [1.807, 2.05) is 0 Å². The molecule has 0 aliphatic carbocycles. The minimum Gasteiger partial charge on any atom is -0.480 e. The van der Waals surface area contributed by atoms with Crippen molar-refractivity contribution >= 4 is 23.7 Å². The van der Waals surface area contributed by atoms with Crippen LogP contribution >= 0.6 is 0 Å². The molecule has 0 unspecified atom stereocenters. The average molecular weight is 340 g/mol. The zero-order valence-electron chi connectivity index (χ0n) is 13.0. The molecule has 1 aromatic rings. The number of rotatable bonds is 9. The van der Waals surface area contributed by atoms with Crippen LogP contribution in [0.15, 0.2) is 12.5 Å². The van der Waals surface area contributed by atoms with Crippen molar-refractivity contribution in [3.8, 4) is 0 Å². The normalized spacial score (nSPS) is 12.8. The fourth-order valence-corrected chi connectivity index (χ4v) is 1.70. The maximum absolute atomic E-state index is 12.2. The number of carbonyl (C=O) groups is 4. The van der Waals surface area contributed by atoms with E-state index < -0.39 is 35.8 Å². The Morgan fingerprint density at radius 1 is 1.29 bits per heavy atom. The van der Waals surface area contributed by atoms with Crippen molar-refractivity contribution in [1.29, 1.82) is 0 Å². The molecule has 2 atom stereocenters. The Balaban J connectivity index is 2.70. The number of hydrogen-bond donors (Lipinski definition) is 6. The number of aromatic amines is 1. The van der Waals surface area contributed by atoms with E-state index in [1.165, 1.54) is 19.4 Å². The van der Waals surface area contributed by atoms with Crippen LogP contribution in [-0.4, -0.2) is 63.9 Å². The van der Waals surface area contributed by atoms with Crippen LogP contribution in [0.2, 0.25) is 0 Å². The van der Waals surface area contributed by atoms with E-state index in [4.69, 9.17) is 10.8 Å². The smallest absolute Gasteiger partial charge is 0.325 e. The summed E-state index contributed by atoms with van der Waals surface area (Å²) in [4.78, 5) is 52.5. The molecule has 11 heteroatoms. The summed E-state index contributed by atoms with van der Waals surface area (Å²) in [5, 5.41) is 15.8. The van der Waals surface area contributed by atoms with Crippen molar-refractivity contribution in [2.24, 2.45) is 5.73 Å². The van der Waals surface area contributed by atoms with Gasteiger partial charge in [0, 0.05) is 18.3 Å². The van der Waals surface area contributed by atoms with Crippen molar-refractivity contribution in [1.82, 2.24) is 25.9 Å². The number of amides is 3. The topological polar surface area (TPSA) is 179 Å². The number of carbonyl (C=O) groups excluding carboxylic acids is 3. The molecule has 1 heterocycles. The zero-order valence-corrected chi connectivity index (χ0v) is 13.0. The first kappa shape index (κ1) is 19.1. The van der Waals surface area contributed by atoms with Gasteiger partial charge in [0.05, 0.1) is 19.4 Å². The second kappa shape index (κ2) is 9.25. The third-order valence-corrected chi connectivity index (χ3v) is 2.99. The summed E-state index contributed by atoms with van der Waals surface area (Å²) in [6, 6.07) is -2.15. The fourth-order valence-electron chi connectivity index (χ4n) is 1.70. The number of carboxylic acid groups (broad SMARTS) is 1. The molecule has 11 nitrogen and oxygen atoms in total. The predicted molar refractivity (Wildman–Crippen MR) is 81.5 cm³/mol. The van der Waals surface area contributed by atoms with Gasteiger partial charge in [-0.15, -0.1) is 0 Å². The van der Waals surface area contributed by atoms with Gasteiger partial charge in [-0.25, -0.2) is 4.98 Å². The Morgan fingerprint density at radius 3 is 2.54 bits per heavy atom. The zero-order chi connectivity index (χ0) is 18.1. The molecule has 0 radical (unpaired) electrons. The number of imidazole rings is 1. The van der Waals surface area contributed by atoms with E-state index in [0.717, 1.165) is 0 Å². The highest BCUT2D eigenvalue weighted by Crippen LogP contribution is 2.00. The van der Waals surface area contributed by atoms with E-state index in [1.54, 1.807) is 0 Å². The van der Waals surface area contributed by atoms with Crippen LogP contribution in [0.1, 0.15) is 12.6 Å². The van der Waals surface area contributed by atoms with E-state index in [2.05, 4.69) is 25.9 Å². The number of carboxylic acids is 1. The van der Waals surface area contributed by atoms with Crippen molar-refractivity contribution in [2.45, 2.75) is 25.4 Å². The molecule has 0 aliphatic heterocycles. The molecule has 0 saturated heterocycles. The van der Waals surface area contributed by atoms with Gasteiger partial charge in [-0.2, -0.15) is 0 Å². The Morgan fingerprint density at radius 2 is 2.00 bits per heavy atom. The molecule has 1 aromatic heterocycles. The first-order chi connectivity index (χ1) is 11.3. The van der Waals surface area contributed by atoms with Gasteiger partial charge in [-0.05, 0) is 6.92 Å². The van der Waals surface area contributed by atoms with Gasteiger partial charge < -0.3 is 31.8 Å². The minimum atomic E-state index is -1.20. The van der Waals surface area contributed by atoms with Gasteiger partial charge in [0.25, 0.3) is 0 Å². The highest BCUT2D eigenvalue weighted by Gasteiger charge is 2.25. The Labute approximate surface area is 137 Å². The van der Waals surface area contributed by atoms with Crippen molar-refractivity contribution < 1.29 is 24.3 Å². The molecule has 24 heavy (non-hydrogen) atoms. The maximum atomic E-state index is 12.2. The Bertz CT molecular complexity index is 588. The van der Waals surface area contributed by atoms with E-state index >= 15 is 0 Å². The quantitative estimate of drug-likeness (QED) is 0.279. The third-order valence-electron chi connectivity index (χ3n) is 2.99. The van der Waals surface area contributed by atoms with Crippen LogP contribution in [0, 0.1) is 0 Å². The fraction of sp³-hybridized carbons (Fsp3) is 0.462. The molecule has 3 amide bonds. The minimum absolute atomic E-state index is 0.0781. The largest absolute Gasteiger partial charge is 0.480 e. The number of aliphatic carboxylic acids is 1. The second-order valence-corrected chi connectivity index (χ2v) is 4.95. The molecule has 7 N–H and O–H groups in total. The first-order valence-electron chi connectivity index (χ1n) is 7.10. The highest BCUT2D eigenvalue weighted by atomic mass is 16.4. The number of H-pyrrole nitrogens is 1. The van der Waals surface area contributed by atoms with Gasteiger partial charge in [0.15, 0.2) is 0 Å². The summed E-state index contributed by atoms with van der Waals surface area (Å²) in [5.41, 5.74) is 5.68. The molecular formula is C13H20N6O5. The molecular weight excluding hydrogens is 320 g/mol. The number of nitrogens with one attached hydrogen (secondary N) is 4. The van der Waals surface area contributed by atoms with Crippen molar-refractivity contribution in [2.75, 3.05) is 13.1 Å². The third kappa shape index (κ3) is 6.44. The molecule has 0 aliphatic rings. The summed E-state index contributed by atoms with van der Waals surface area (Å²) in [6.07, 6.45) is 2.96. The maximum Gasteiger partial charge on any atom is 0.325 e. The van der Waals surface area contributed by atoms with Gasteiger partial charge in [-0.1, -0.05) is 0 Å². The molecule has 0 saturated carbocycles. The van der Waals surface area contributed by atoms with Crippen LogP contribution in [-0.2, 0) is 25.6 Å². The molecule has 0 fully saturated rings. The van der Waals surface area contributed by atoms with Gasteiger partial charge in [0.1, 0.15) is 12.1 Å². The molecule has 132 valence electrons. The molecule has 0 aromatic carbocycles. The lowest BCUT2D eigenvalue weighted by Gasteiger charge is -2.19. The van der Waals surface area contributed by atoms with E-state index in [-0.39, 0.29) is 19.5 Å². The highest BCUT2D eigenvalue weighted by molar-refractivity contribution is 5.92. The summed E-state index contributed by atoms with van der Waals surface area (Å²) in [7, 11) is 0. The summed E-state index contributed by atoms with van der Waals surface area (Å²) in [5.74, 6) is -3.00. The SMILES string of the molecule is C[C@H](NC(=O)[C@H](Cc1cnc[nH]1)NC(=O)CNC(=O)CN)C(=O)O. The van der Waals surface area contributed by atoms with Crippen LogP contribution in [0.4, 0.5) is 0 Å². The molecule has 0 bridgehead atoms. The van der Waals surface area contributed by atoms with Gasteiger partial charge >= 0.3 is 5.97 Å². The van der Waals surface area contributed by atoms with Crippen LogP contribution in [0.5, 0.6) is 0 Å². The van der Waals surface area contributed by atoms with Crippen LogP contribution in [0.3, 0.4) is 0 Å². The predicted octanol–water partition coefficient (Wildman–Crippen LogP) is -2.90. The van der Waals surface area contributed by atoms with Gasteiger partial charge in [-0.3, -0.25) is 19.2 Å². The Kier molecular flexibility index (Phi) is 7.36. The lowest BCUT2D eigenvalue weighted by molar-refractivity contribution is -0.141. The summed E-state index contributed by atoms with van der Waals surface area (Å²) >= 11 is 0. The number of nitrogens with two attached hydrogens (primary N) is 1. The number of nitrogens with zero attached hydrogens (tertiary/aromatic N) is 1. The van der Waals surface area contributed by atoms with E-state index in [9.17, 15) is 19.2 Å². The summed E-state index contributed by atoms with van der Waals surface area (Å²) < 4.78 is 0. The Hall–Kier alpha value is -2.95. The monoisotopic (exact) mass is 340 g/mol. The van der Waals surface area contributed by atoms with Crippen LogP contribution < -0.4 is 21.7 Å². The molecule has 0 spiro atoms. The first-order valence-corrected chi connectivity index (χ1v) is 7.10. The average Bonchev–Trinajstić information content (AvgIpc) is 3.04. The number of hydrogen-bond acceptors (Lipinski definition) is 6. The second-order valence-electron chi connectivity index (χ2n) is 4.95. The lowest BCUT2D eigenvalue weighted by Crippen LogP contribution is -2.53. The van der Waals surface area contributed by atoms with Crippen molar-refractivity contribution in [3.63, 3.8) is 0 Å². The van der Waals surface area contributed by atoms with Crippen molar-refractivity contribution in [3.05, 3.63) is 18.2 Å². The number of aromatic nitrogens is 2. The standard InChI is InChI=1S/C13H20N6O5/c1-7(13(23)24)18-12(22)9(2-8-4-15-6-17-8)19-11(21)5-16-10(20)3-14/h4,6-7,9H,2-3,5,14H2,1H3,(H,15,17)(H,16,20)(H,18,22)(H,19,21)(H,23,24)/t7-,9-/m0/s1. The van der Waals surface area contributed by atoms with E-state index in [0.29, 0.717) is 5.69 Å². The van der Waals surface area contributed by atoms with Crippen LogP contribution in [0.25, 0.3) is 0 Å².